The third-order valence-electron chi connectivity index (χ3n) is 6.70. The molecular formula is C24H31ClO8S. The summed E-state index contributed by atoms with van der Waals surface area (Å²) in [7, 11) is -0.695. The molecule has 2 aliphatic carbocycles. The Morgan fingerprint density at radius 3 is 2.41 bits per heavy atom. The second-order valence-corrected chi connectivity index (χ2v) is 11.5. The van der Waals surface area contributed by atoms with Gasteiger partial charge in [0.25, 0.3) is 0 Å². The van der Waals surface area contributed by atoms with E-state index in [0.717, 1.165) is 5.56 Å². The summed E-state index contributed by atoms with van der Waals surface area (Å²) in [6.45, 7) is 2.35. The molecule has 1 heterocycles. The van der Waals surface area contributed by atoms with Gasteiger partial charge >= 0.3 is 5.97 Å². The van der Waals surface area contributed by atoms with Crippen LogP contribution in [0.4, 0.5) is 0 Å². The fraction of sp³-hybridized carbons (Fsp3) is 0.625. The number of benzene rings is 1. The summed E-state index contributed by atoms with van der Waals surface area (Å²) >= 11 is 6.41. The van der Waals surface area contributed by atoms with Gasteiger partial charge in [0.15, 0.2) is 15.6 Å². The van der Waals surface area contributed by atoms with Crippen LogP contribution in [-0.4, -0.2) is 71.7 Å². The largest absolute Gasteiger partial charge is 0.463 e. The predicted octanol–water partition coefficient (Wildman–Crippen LogP) is 3.17. The van der Waals surface area contributed by atoms with Crippen molar-refractivity contribution in [3.63, 3.8) is 0 Å². The van der Waals surface area contributed by atoms with Crippen LogP contribution >= 0.6 is 11.6 Å². The van der Waals surface area contributed by atoms with Crippen LogP contribution in [-0.2, 0) is 44.7 Å². The molecule has 34 heavy (non-hydrogen) atoms. The van der Waals surface area contributed by atoms with E-state index in [1.165, 1.54) is 6.08 Å². The van der Waals surface area contributed by atoms with Gasteiger partial charge in [-0.05, 0) is 49.5 Å². The Hall–Kier alpha value is -1.49. The van der Waals surface area contributed by atoms with Crippen molar-refractivity contribution in [3.8, 4) is 0 Å². The third-order valence-corrected chi connectivity index (χ3v) is 9.58. The predicted molar refractivity (Wildman–Crippen MR) is 125 cm³/mol. The average Bonchev–Trinajstić information content (AvgIpc) is 3.38. The van der Waals surface area contributed by atoms with Crippen molar-refractivity contribution >= 4 is 27.4 Å². The fourth-order valence-electron chi connectivity index (χ4n) is 5.24. The van der Waals surface area contributed by atoms with E-state index in [1.54, 1.807) is 27.2 Å². The molecular weight excluding hydrogens is 484 g/mol. The number of hydrogen-bond donors (Lipinski definition) is 0. The minimum Gasteiger partial charge on any atom is -0.463 e. The first-order chi connectivity index (χ1) is 16.3. The molecule has 1 spiro atoms. The van der Waals surface area contributed by atoms with Gasteiger partial charge < -0.3 is 23.7 Å². The molecule has 0 saturated carbocycles. The lowest BCUT2D eigenvalue weighted by molar-refractivity contribution is -0.155. The second-order valence-electron chi connectivity index (χ2n) is 8.81. The van der Waals surface area contributed by atoms with Crippen molar-refractivity contribution < 1.29 is 36.9 Å². The van der Waals surface area contributed by atoms with E-state index in [9.17, 15) is 13.2 Å². The summed E-state index contributed by atoms with van der Waals surface area (Å²) in [5.41, 5.74) is 1.62. The smallest absolute Gasteiger partial charge is 0.335 e. The maximum Gasteiger partial charge on any atom is 0.335 e. The summed E-state index contributed by atoms with van der Waals surface area (Å²) in [5.74, 6) is -1.93. The van der Waals surface area contributed by atoms with E-state index in [2.05, 4.69) is 0 Å². The molecule has 1 aliphatic heterocycles. The number of carbonyl (C=O) groups excluding carboxylic acids is 1. The zero-order chi connectivity index (χ0) is 24.5. The standard InChI is InChI=1S/C24H31ClO8S/c1-4-31-23(26)16-12-24(32-18(13-29-2)19(33-24)14-30-3)11-10-20(16)34(27,28)21-9-8-15-6-5-7-17(25)22(15)21/h5-7,12,18-21H,4,8-11,13-14H2,1-3H3/t18-,19-,20?,21?/m1/s1. The summed E-state index contributed by atoms with van der Waals surface area (Å²) in [5, 5.41) is -1.38. The monoisotopic (exact) mass is 514 g/mol. The quantitative estimate of drug-likeness (QED) is 0.488. The molecule has 3 aliphatic rings. The van der Waals surface area contributed by atoms with Gasteiger partial charge in [0.1, 0.15) is 12.2 Å². The molecule has 0 amide bonds. The highest BCUT2D eigenvalue weighted by Crippen LogP contribution is 2.47. The van der Waals surface area contributed by atoms with E-state index in [1.807, 2.05) is 12.1 Å². The molecule has 0 radical (unpaired) electrons. The van der Waals surface area contributed by atoms with Crippen LogP contribution < -0.4 is 0 Å². The van der Waals surface area contributed by atoms with Gasteiger partial charge in [0, 0.05) is 25.7 Å². The third kappa shape index (κ3) is 4.66. The van der Waals surface area contributed by atoms with Gasteiger partial charge in [-0.25, -0.2) is 13.2 Å². The summed E-state index contributed by atoms with van der Waals surface area (Å²) in [6.07, 6.45) is 2.13. The summed E-state index contributed by atoms with van der Waals surface area (Å²) < 4.78 is 56.0. The zero-order valence-electron chi connectivity index (χ0n) is 19.6. The first kappa shape index (κ1) is 25.6. The van der Waals surface area contributed by atoms with Crippen LogP contribution in [0.15, 0.2) is 29.8 Å². The molecule has 188 valence electrons. The maximum atomic E-state index is 13.9. The van der Waals surface area contributed by atoms with Crippen LogP contribution in [0.3, 0.4) is 0 Å². The second kappa shape index (κ2) is 10.2. The Morgan fingerprint density at radius 1 is 1.12 bits per heavy atom. The van der Waals surface area contributed by atoms with Gasteiger partial charge in [-0.1, -0.05) is 23.7 Å². The van der Waals surface area contributed by atoms with Crippen molar-refractivity contribution in [2.45, 2.75) is 61.1 Å². The van der Waals surface area contributed by atoms with Gasteiger partial charge in [-0.15, -0.1) is 0 Å². The molecule has 4 atom stereocenters. The Morgan fingerprint density at radius 2 is 1.79 bits per heavy atom. The van der Waals surface area contributed by atoms with Crippen molar-refractivity contribution in [1.82, 2.24) is 0 Å². The van der Waals surface area contributed by atoms with Crippen molar-refractivity contribution in [2.24, 2.45) is 0 Å². The number of hydrogen-bond acceptors (Lipinski definition) is 8. The van der Waals surface area contributed by atoms with Gasteiger partial charge in [-0.2, -0.15) is 0 Å². The molecule has 10 heteroatoms. The number of ether oxygens (including phenoxy) is 5. The van der Waals surface area contributed by atoms with Crippen molar-refractivity contribution in [1.29, 1.82) is 0 Å². The van der Waals surface area contributed by atoms with Crippen LogP contribution in [0.1, 0.15) is 42.6 Å². The molecule has 4 rings (SSSR count). The SMILES string of the molecule is CCOC(=O)C1=CC2(CCC1S(=O)(=O)C1CCc3cccc(Cl)c31)O[C@H](COC)[C@@H](COC)O2. The average molecular weight is 515 g/mol. The highest BCUT2D eigenvalue weighted by atomic mass is 35.5. The van der Waals surface area contributed by atoms with Gasteiger partial charge in [0.2, 0.25) is 0 Å². The Kier molecular flexibility index (Phi) is 7.71. The lowest BCUT2D eigenvalue weighted by Crippen LogP contribution is -2.42. The van der Waals surface area contributed by atoms with Gasteiger partial charge in [0.05, 0.1) is 35.9 Å². The van der Waals surface area contributed by atoms with E-state index in [-0.39, 0.29) is 38.2 Å². The first-order valence-electron chi connectivity index (χ1n) is 11.5. The van der Waals surface area contributed by atoms with Gasteiger partial charge in [-0.3, -0.25) is 0 Å². The number of fused-ring (bicyclic) bond motifs is 1. The first-order valence-corrected chi connectivity index (χ1v) is 13.5. The highest BCUT2D eigenvalue weighted by molar-refractivity contribution is 7.92. The molecule has 2 unspecified atom stereocenters. The fourth-order valence-corrected chi connectivity index (χ4v) is 8.05. The number of halogens is 1. The summed E-state index contributed by atoms with van der Waals surface area (Å²) in [6, 6.07) is 5.44. The Bertz CT molecular complexity index is 1040. The van der Waals surface area contributed by atoms with Crippen LogP contribution in [0.5, 0.6) is 0 Å². The Balaban J connectivity index is 1.70. The molecule has 0 N–H and O–H groups in total. The molecule has 1 aromatic rings. The Labute approximate surface area is 205 Å². The number of methoxy groups -OCH3 is 2. The number of sulfone groups is 1. The molecule has 0 aromatic heterocycles. The van der Waals surface area contributed by atoms with E-state index < -0.39 is 44.3 Å². The van der Waals surface area contributed by atoms with E-state index >= 15 is 0 Å². The molecule has 1 aromatic carbocycles. The zero-order valence-corrected chi connectivity index (χ0v) is 21.2. The highest BCUT2D eigenvalue weighted by Gasteiger charge is 2.53. The number of aryl methyl sites for hydroxylation is 1. The normalized spacial score (nSPS) is 28.1. The lowest BCUT2D eigenvalue weighted by atomic mass is 9.94. The molecule has 1 fully saturated rings. The maximum absolute atomic E-state index is 13.9. The lowest BCUT2D eigenvalue weighted by Gasteiger charge is -2.35. The van der Waals surface area contributed by atoms with Crippen LogP contribution in [0.2, 0.25) is 5.02 Å². The van der Waals surface area contributed by atoms with E-state index in [0.29, 0.717) is 23.4 Å². The van der Waals surface area contributed by atoms with Crippen LogP contribution in [0.25, 0.3) is 0 Å². The van der Waals surface area contributed by atoms with Crippen molar-refractivity contribution in [3.05, 3.63) is 46.0 Å². The number of rotatable bonds is 8. The number of carbonyl (C=O) groups is 1. The number of esters is 1. The molecule has 8 nitrogen and oxygen atoms in total. The molecule has 1 saturated heterocycles. The van der Waals surface area contributed by atoms with Crippen LogP contribution in [0, 0.1) is 0 Å². The minimum atomic E-state index is -3.82. The molecule has 0 bridgehead atoms. The van der Waals surface area contributed by atoms with Crippen molar-refractivity contribution in [2.75, 3.05) is 34.0 Å². The van der Waals surface area contributed by atoms with E-state index in [4.69, 9.17) is 35.3 Å². The topological polar surface area (TPSA) is 97.4 Å². The summed E-state index contributed by atoms with van der Waals surface area (Å²) in [4.78, 5) is 13.0. The minimum absolute atomic E-state index is 0.0443.